The molecule has 0 spiro atoms. The summed E-state index contributed by atoms with van der Waals surface area (Å²) < 4.78 is 5.26. The first kappa shape index (κ1) is 10.1. The summed E-state index contributed by atoms with van der Waals surface area (Å²) in [7, 11) is 0. The summed E-state index contributed by atoms with van der Waals surface area (Å²) >= 11 is 0. The zero-order chi connectivity index (χ0) is 10.8. The van der Waals surface area contributed by atoms with E-state index in [9.17, 15) is 0 Å². The van der Waals surface area contributed by atoms with Gasteiger partial charge in [-0.25, -0.2) is 0 Å². The summed E-state index contributed by atoms with van der Waals surface area (Å²) in [5.41, 5.74) is 2.87. The fraction of sp³-hybridized carbons (Fsp3) is 0.429. The van der Waals surface area contributed by atoms with E-state index in [0.717, 1.165) is 26.1 Å². The van der Waals surface area contributed by atoms with Crippen LogP contribution in [0.4, 0.5) is 0 Å². The van der Waals surface area contributed by atoms with Gasteiger partial charge in [0.25, 0.3) is 0 Å². The summed E-state index contributed by atoms with van der Waals surface area (Å²) in [5.74, 6) is 0. The quantitative estimate of drug-likeness (QED) is 0.718. The number of benzene rings is 1. The fourth-order valence-corrected chi connectivity index (χ4v) is 2.25. The Bertz CT molecular complexity index is 381. The van der Waals surface area contributed by atoms with Gasteiger partial charge >= 0.3 is 0 Å². The molecule has 3 rings (SSSR count). The molecule has 0 N–H and O–H groups in total. The van der Waals surface area contributed by atoms with Crippen LogP contribution in [0.3, 0.4) is 0 Å². The van der Waals surface area contributed by atoms with E-state index in [1.54, 1.807) is 0 Å². The Morgan fingerprint density at radius 1 is 1.25 bits per heavy atom. The van der Waals surface area contributed by atoms with Crippen LogP contribution in [0.2, 0.25) is 0 Å². The van der Waals surface area contributed by atoms with Crippen LogP contribution < -0.4 is 0 Å². The average Bonchev–Trinajstić information content (AvgIpc) is 3.15. The lowest BCUT2D eigenvalue weighted by atomic mass is 9.99. The van der Waals surface area contributed by atoms with Crippen molar-refractivity contribution in [3.63, 3.8) is 0 Å². The summed E-state index contributed by atoms with van der Waals surface area (Å²) in [5, 5.41) is 0. The number of hydrogen-bond donors (Lipinski definition) is 0. The minimum atomic E-state index is 0.520. The van der Waals surface area contributed by atoms with Gasteiger partial charge in [0.2, 0.25) is 0 Å². The second-order valence-corrected chi connectivity index (χ2v) is 4.56. The van der Waals surface area contributed by atoms with E-state index in [-0.39, 0.29) is 0 Å². The van der Waals surface area contributed by atoms with Crippen LogP contribution in [-0.4, -0.2) is 37.2 Å². The van der Waals surface area contributed by atoms with Gasteiger partial charge in [0.15, 0.2) is 0 Å². The van der Waals surface area contributed by atoms with Gasteiger partial charge in [-0.05, 0) is 17.6 Å². The van der Waals surface area contributed by atoms with Crippen LogP contribution >= 0.6 is 0 Å². The lowest BCUT2D eigenvalue weighted by Gasteiger charge is -2.25. The smallest absolute Gasteiger partial charge is 0.0936 e. The Hall–Kier alpha value is -1.12. The molecule has 2 aliphatic rings. The Balaban J connectivity index is 1.64. The van der Waals surface area contributed by atoms with E-state index in [0.29, 0.717) is 6.10 Å². The molecule has 1 atom stereocenters. The molecule has 0 amide bonds. The minimum absolute atomic E-state index is 0.520. The molecule has 1 fully saturated rings. The van der Waals surface area contributed by atoms with Crippen molar-refractivity contribution in [2.75, 3.05) is 26.2 Å². The van der Waals surface area contributed by atoms with Crippen molar-refractivity contribution in [3.05, 3.63) is 42.0 Å². The van der Waals surface area contributed by atoms with Crippen LogP contribution in [0.5, 0.6) is 0 Å². The molecule has 2 heterocycles. The third kappa shape index (κ3) is 2.34. The maximum absolute atomic E-state index is 5.26. The normalized spacial score (nSPS) is 25.2. The second kappa shape index (κ2) is 4.40. The molecule has 0 saturated carbocycles. The molecule has 16 heavy (non-hydrogen) atoms. The maximum Gasteiger partial charge on any atom is 0.0936 e. The van der Waals surface area contributed by atoms with Crippen LogP contribution in [0.25, 0.3) is 5.57 Å². The van der Waals surface area contributed by atoms with Gasteiger partial charge in [-0.15, -0.1) is 0 Å². The largest absolute Gasteiger partial charge is 0.372 e. The molecule has 1 aromatic carbocycles. The van der Waals surface area contributed by atoms with E-state index in [1.165, 1.54) is 17.7 Å². The topological polar surface area (TPSA) is 15.8 Å². The highest BCUT2D eigenvalue weighted by molar-refractivity contribution is 5.66. The fourth-order valence-electron chi connectivity index (χ4n) is 2.25. The van der Waals surface area contributed by atoms with Gasteiger partial charge in [0.05, 0.1) is 12.7 Å². The van der Waals surface area contributed by atoms with Crippen molar-refractivity contribution >= 4 is 5.57 Å². The highest BCUT2D eigenvalue weighted by Crippen LogP contribution is 2.23. The molecule has 2 nitrogen and oxygen atoms in total. The molecule has 1 saturated heterocycles. The Morgan fingerprint density at radius 2 is 2.06 bits per heavy atom. The second-order valence-electron chi connectivity index (χ2n) is 4.56. The van der Waals surface area contributed by atoms with E-state index in [4.69, 9.17) is 4.74 Å². The standard InChI is InChI=1S/C14H17NO/c1-2-4-12(5-3-1)13-6-8-15(9-7-13)10-14-11-16-14/h1-6,14H,7-11H2. The molecule has 0 aliphatic carbocycles. The zero-order valence-electron chi connectivity index (χ0n) is 9.43. The van der Waals surface area contributed by atoms with Crippen LogP contribution in [0.1, 0.15) is 12.0 Å². The first-order chi connectivity index (χ1) is 7.92. The Labute approximate surface area is 96.5 Å². The average molecular weight is 215 g/mol. The van der Waals surface area contributed by atoms with Gasteiger partial charge in [0, 0.05) is 19.6 Å². The van der Waals surface area contributed by atoms with E-state index < -0.39 is 0 Å². The third-order valence-electron chi connectivity index (χ3n) is 3.30. The SMILES string of the molecule is C1=C(c2ccccc2)CCN(CC2CO2)C1. The molecule has 1 unspecified atom stereocenters. The summed E-state index contributed by atoms with van der Waals surface area (Å²) in [6.45, 7) is 4.31. The van der Waals surface area contributed by atoms with Crippen LogP contribution in [-0.2, 0) is 4.74 Å². The van der Waals surface area contributed by atoms with Crippen LogP contribution in [0, 0.1) is 0 Å². The van der Waals surface area contributed by atoms with Crippen molar-refractivity contribution < 1.29 is 4.74 Å². The van der Waals surface area contributed by atoms with E-state index in [1.807, 2.05) is 0 Å². The third-order valence-corrected chi connectivity index (χ3v) is 3.30. The number of hydrogen-bond acceptors (Lipinski definition) is 2. The lowest BCUT2D eigenvalue weighted by Crippen LogP contribution is -2.31. The molecular formula is C14H17NO. The number of ether oxygens (including phenoxy) is 1. The monoisotopic (exact) mass is 215 g/mol. The van der Waals surface area contributed by atoms with E-state index >= 15 is 0 Å². The van der Waals surface area contributed by atoms with Gasteiger partial charge in [-0.1, -0.05) is 36.4 Å². The molecule has 84 valence electrons. The summed E-state index contributed by atoms with van der Waals surface area (Å²) in [6, 6.07) is 10.7. The lowest BCUT2D eigenvalue weighted by molar-refractivity contribution is 0.262. The predicted molar refractivity (Wildman–Crippen MR) is 65.2 cm³/mol. The van der Waals surface area contributed by atoms with Gasteiger partial charge < -0.3 is 4.74 Å². The highest BCUT2D eigenvalue weighted by atomic mass is 16.6. The van der Waals surface area contributed by atoms with Crippen molar-refractivity contribution in [1.29, 1.82) is 0 Å². The summed E-state index contributed by atoms with van der Waals surface area (Å²) in [4.78, 5) is 2.48. The molecule has 0 radical (unpaired) electrons. The molecule has 2 aliphatic heterocycles. The van der Waals surface area contributed by atoms with Crippen LogP contribution in [0.15, 0.2) is 36.4 Å². The molecular weight excluding hydrogens is 198 g/mol. The van der Waals surface area contributed by atoms with Crippen molar-refractivity contribution in [2.45, 2.75) is 12.5 Å². The molecule has 2 heteroatoms. The Kier molecular flexibility index (Phi) is 2.77. The highest BCUT2D eigenvalue weighted by Gasteiger charge is 2.26. The number of epoxide rings is 1. The first-order valence-electron chi connectivity index (χ1n) is 6.00. The molecule has 0 bridgehead atoms. The molecule has 1 aromatic rings. The maximum atomic E-state index is 5.26. The van der Waals surface area contributed by atoms with Crippen molar-refractivity contribution in [2.24, 2.45) is 0 Å². The van der Waals surface area contributed by atoms with Crippen molar-refractivity contribution in [3.8, 4) is 0 Å². The number of rotatable bonds is 3. The van der Waals surface area contributed by atoms with E-state index in [2.05, 4.69) is 41.3 Å². The Morgan fingerprint density at radius 3 is 2.69 bits per heavy atom. The predicted octanol–water partition coefficient (Wildman–Crippen LogP) is 2.17. The minimum Gasteiger partial charge on any atom is -0.372 e. The summed E-state index contributed by atoms with van der Waals surface area (Å²) in [6.07, 6.45) is 4.05. The first-order valence-corrected chi connectivity index (χ1v) is 6.00. The molecule has 0 aromatic heterocycles. The van der Waals surface area contributed by atoms with Gasteiger partial charge in [0.1, 0.15) is 0 Å². The van der Waals surface area contributed by atoms with Gasteiger partial charge in [-0.2, -0.15) is 0 Å². The number of nitrogens with zero attached hydrogens (tertiary/aromatic N) is 1. The zero-order valence-corrected chi connectivity index (χ0v) is 9.43. The van der Waals surface area contributed by atoms with Gasteiger partial charge in [-0.3, -0.25) is 4.90 Å². The van der Waals surface area contributed by atoms with Crippen molar-refractivity contribution in [1.82, 2.24) is 4.90 Å².